The molecule has 0 spiro atoms. The molecule has 39 heavy (non-hydrogen) atoms. The number of unbranched alkanes of at least 4 members (excludes halogenated alkanes) is 3. The van der Waals surface area contributed by atoms with Crippen LogP contribution in [0.15, 0.2) is 64.7 Å². The average molecular weight is 534 g/mol. The molecule has 0 bridgehead atoms. The summed E-state index contributed by atoms with van der Waals surface area (Å²) >= 11 is 0. The minimum absolute atomic E-state index is 0.0203. The van der Waals surface area contributed by atoms with Crippen LogP contribution in [-0.4, -0.2) is 76.2 Å². The zero-order valence-electron chi connectivity index (χ0n) is 22.3. The molecule has 2 N–H and O–H groups in total. The van der Waals surface area contributed by atoms with Crippen molar-refractivity contribution in [1.82, 2.24) is 19.4 Å². The lowest BCUT2D eigenvalue weighted by Crippen LogP contribution is -2.43. The van der Waals surface area contributed by atoms with E-state index in [4.69, 9.17) is 10.5 Å². The molecular weight excluding hydrogens is 498 g/mol. The van der Waals surface area contributed by atoms with E-state index >= 15 is 0 Å². The van der Waals surface area contributed by atoms with Crippen LogP contribution < -0.4 is 11.3 Å². The lowest BCUT2D eigenvalue weighted by Gasteiger charge is -2.31. The number of nitrogens with two attached hydrogens (primary N) is 1. The Morgan fingerprint density at radius 3 is 2.49 bits per heavy atom. The molecular formula is C29H35N5O5. The molecule has 1 fully saturated rings. The van der Waals surface area contributed by atoms with Gasteiger partial charge in [-0.05, 0) is 12.5 Å². The number of nitrogen functional groups attached to an aromatic ring is 1. The molecule has 206 valence electrons. The second-order valence-corrected chi connectivity index (χ2v) is 9.67. The Hall–Kier alpha value is -4.05. The van der Waals surface area contributed by atoms with Crippen molar-refractivity contribution in [2.24, 2.45) is 0 Å². The molecule has 1 aromatic heterocycles. The van der Waals surface area contributed by atoms with Crippen LogP contribution in [-0.2, 0) is 25.7 Å². The molecule has 1 amide bonds. The Bertz CT molecular complexity index is 1330. The van der Waals surface area contributed by atoms with Gasteiger partial charge in [0, 0.05) is 37.3 Å². The monoisotopic (exact) mass is 533 g/mol. The predicted molar refractivity (Wildman–Crippen MR) is 148 cm³/mol. The number of benzene rings is 1. The summed E-state index contributed by atoms with van der Waals surface area (Å²) in [5.41, 5.74) is 6.57. The number of morpholine rings is 1. The molecule has 2 heterocycles. The van der Waals surface area contributed by atoms with Crippen LogP contribution in [0.3, 0.4) is 0 Å². The molecule has 0 saturated carbocycles. The Morgan fingerprint density at radius 2 is 1.77 bits per heavy atom. The van der Waals surface area contributed by atoms with Crippen molar-refractivity contribution in [2.45, 2.75) is 39.2 Å². The summed E-state index contributed by atoms with van der Waals surface area (Å²) in [6.45, 7) is 4.27. The van der Waals surface area contributed by atoms with Crippen LogP contribution in [0, 0.1) is 0 Å². The Labute approximate surface area is 227 Å². The number of allylic oxidation sites excluding steroid dienone is 3. The van der Waals surface area contributed by atoms with Crippen molar-refractivity contribution in [3.05, 3.63) is 70.3 Å². The minimum Gasteiger partial charge on any atom is -0.393 e. The lowest BCUT2D eigenvalue weighted by atomic mass is 9.98. The summed E-state index contributed by atoms with van der Waals surface area (Å²) in [7, 11) is 0. The Balaban J connectivity index is 1.59. The normalized spacial score (nSPS) is 15.7. The molecule has 10 heteroatoms. The largest absolute Gasteiger partial charge is 0.393 e. The molecule has 0 radical (unpaired) electrons. The van der Waals surface area contributed by atoms with Gasteiger partial charge in [0.1, 0.15) is 18.1 Å². The maximum absolute atomic E-state index is 13.6. The summed E-state index contributed by atoms with van der Waals surface area (Å²) in [5.74, 6) is -1.22. The van der Waals surface area contributed by atoms with Gasteiger partial charge in [-0.2, -0.15) is 0 Å². The van der Waals surface area contributed by atoms with Gasteiger partial charge in [0.2, 0.25) is 17.5 Å². The number of hydrogen-bond donors (Lipinski definition) is 1. The minimum atomic E-state index is -0.613. The van der Waals surface area contributed by atoms with Crippen molar-refractivity contribution < 1.29 is 19.1 Å². The van der Waals surface area contributed by atoms with Crippen molar-refractivity contribution in [1.29, 1.82) is 0 Å². The highest BCUT2D eigenvalue weighted by Crippen LogP contribution is 2.20. The Morgan fingerprint density at radius 1 is 1.03 bits per heavy atom. The lowest BCUT2D eigenvalue weighted by molar-refractivity contribution is -0.135. The second kappa shape index (κ2) is 13.1. The van der Waals surface area contributed by atoms with Gasteiger partial charge in [0.25, 0.3) is 5.56 Å². The first-order chi connectivity index (χ1) is 18.9. The highest BCUT2D eigenvalue weighted by Gasteiger charge is 2.31. The number of amides is 1. The fraction of sp³-hybridized carbons (Fsp3) is 0.414. The highest BCUT2D eigenvalue weighted by atomic mass is 16.5. The number of rotatable bonds is 11. The quantitative estimate of drug-likeness (QED) is 0.265. The molecule has 10 nitrogen and oxygen atoms in total. The summed E-state index contributed by atoms with van der Waals surface area (Å²) in [6, 6.07) is 9.09. The van der Waals surface area contributed by atoms with E-state index in [1.165, 1.54) is 10.8 Å². The van der Waals surface area contributed by atoms with Crippen molar-refractivity contribution >= 4 is 23.2 Å². The number of anilines is 1. The van der Waals surface area contributed by atoms with E-state index < -0.39 is 17.1 Å². The molecule has 1 aliphatic heterocycles. The van der Waals surface area contributed by atoms with Gasteiger partial charge in [-0.3, -0.25) is 23.7 Å². The average Bonchev–Trinajstić information content (AvgIpc) is 2.96. The summed E-state index contributed by atoms with van der Waals surface area (Å²) < 4.78 is 6.62. The van der Waals surface area contributed by atoms with E-state index in [9.17, 15) is 19.2 Å². The van der Waals surface area contributed by atoms with Crippen LogP contribution in [0.4, 0.5) is 5.69 Å². The molecule has 2 aliphatic rings. The van der Waals surface area contributed by atoms with Gasteiger partial charge in [-0.15, -0.1) is 0 Å². The third-order valence-corrected chi connectivity index (χ3v) is 6.92. The smallest absolute Gasteiger partial charge is 0.277 e. The van der Waals surface area contributed by atoms with Gasteiger partial charge in [0.15, 0.2) is 0 Å². The summed E-state index contributed by atoms with van der Waals surface area (Å²) in [6.07, 6.45) is 8.29. The SMILES string of the molecule is CCCCCCN(CC1=CC=C(N2CCOCC2)C(=O)C1=O)C(=O)Cn1c(-c2ccccc2)ncc(N)c1=O. The fourth-order valence-corrected chi connectivity index (χ4v) is 4.70. The first-order valence-corrected chi connectivity index (χ1v) is 13.4. The van der Waals surface area contributed by atoms with E-state index in [2.05, 4.69) is 11.9 Å². The van der Waals surface area contributed by atoms with Gasteiger partial charge >= 0.3 is 0 Å². The second-order valence-electron chi connectivity index (χ2n) is 9.67. The van der Waals surface area contributed by atoms with Gasteiger partial charge in [0.05, 0.1) is 25.1 Å². The maximum atomic E-state index is 13.6. The van der Waals surface area contributed by atoms with E-state index in [0.717, 1.165) is 25.7 Å². The molecule has 4 rings (SSSR count). The van der Waals surface area contributed by atoms with Crippen molar-refractivity contribution in [3.63, 3.8) is 0 Å². The van der Waals surface area contributed by atoms with E-state index in [0.29, 0.717) is 49.9 Å². The van der Waals surface area contributed by atoms with Crippen LogP contribution in [0.5, 0.6) is 0 Å². The topological polar surface area (TPSA) is 128 Å². The summed E-state index contributed by atoms with van der Waals surface area (Å²) in [5, 5.41) is 0. The zero-order chi connectivity index (χ0) is 27.8. The third kappa shape index (κ3) is 6.69. The van der Waals surface area contributed by atoms with E-state index in [-0.39, 0.29) is 30.3 Å². The number of carbonyl (C=O) groups excluding carboxylic acids is 3. The molecule has 0 unspecified atom stereocenters. The number of ketones is 2. The molecule has 1 aromatic carbocycles. The number of ether oxygens (including phenoxy) is 1. The first-order valence-electron chi connectivity index (χ1n) is 13.4. The van der Waals surface area contributed by atoms with Crippen molar-refractivity contribution in [3.8, 4) is 11.4 Å². The molecule has 1 aliphatic carbocycles. The number of carbonyl (C=O) groups is 3. The Kier molecular flexibility index (Phi) is 9.43. The number of hydrogen-bond acceptors (Lipinski definition) is 8. The first kappa shape index (κ1) is 28.0. The van der Waals surface area contributed by atoms with E-state index in [1.807, 2.05) is 23.1 Å². The standard InChI is InChI=1S/C29H35N5O5/c1-2-3-4-8-13-33(19-22-11-12-24(27(37)26(22)36)32-14-16-39-17-15-32)25(35)20-34-28(21-9-6-5-7-10-21)31-18-23(30)29(34)38/h5-7,9-12,18H,2-4,8,13-17,19-20,30H2,1H3. The summed E-state index contributed by atoms with van der Waals surface area (Å²) in [4.78, 5) is 60.4. The number of Topliss-reactive ketones (excluding diaryl/α,β-unsaturated/α-hetero) is 2. The van der Waals surface area contributed by atoms with E-state index in [1.54, 1.807) is 29.2 Å². The van der Waals surface area contributed by atoms with Gasteiger partial charge in [-0.25, -0.2) is 4.98 Å². The molecule has 2 aromatic rings. The number of aromatic nitrogens is 2. The van der Waals surface area contributed by atoms with Gasteiger partial charge < -0.3 is 20.3 Å². The predicted octanol–water partition coefficient (Wildman–Crippen LogP) is 2.20. The van der Waals surface area contributed by atoms with Crippen LogP contribution in [0.1, 0.15) is 32.6 Å². The van der Waals surface area contributed by atoms with Crippen LogP contribution >= 0.6 is 0 Å². The molecule has 1 saturated heterocycles. The van der Waals surface area contributed by atoms with Gasteiger partial charge in [-0.1, -0.05) is 62.6 Å². The van der Waals surface area contributed by atoms with Crippen LogP contribution in [0.25, 0.3) is 11.4 Å². The highest BCUT2D eigenvalue weighted by molar-refractivity contribution is 6.49. The molecule has 0 atom stereocenters. The fourth-order valence-electron chi connectivity index (χ4n) is 4.70. The van der Waals surface area contributed by atoms with Crippen LogP contribution in [0.2, 0.25) is 0 Å². The third-order valence-electron chi connectivity index (χ3n) is 6.92. The number of nitrogens with zero attached hydrogens (tertiary/aromatic N) is 4. The maximum Gasteiger partial charge on any atom is 0.277 e. The van der Waals surface area contributed by atoms with Crippen molar-refractivity contribution in [2.75, 3.05) is 45.1 Å². The zero-order valence-corrected chi connectivity index (χ0v) is 22.3.